The molecule has 2 rings (SSSR count). The molecule has 0 spiro atoms. The molecular formula is C9H12BrN3O2S2. The Kier molecular flexibility index (Phi) is 2.99. The monoisotopic (exact) mass is 337 g/mol. The van der Waals surface area contributed by atoms with E-state index in [9.17, 15) is 8.42 Å². The molecule has 17 heavy (non-hydrogen) atoms. The van der Waals surface area contributed by atoms with Crippen molar-refractivity contribution in [2.45, 2.75) is 12.5 Å². The Morgan fingerprint density at radius 1 is 1.65 bits per heavy atom. The molecule has 5 nitrogen and oxygen atoms in total. The molecule has 0 aliphatic carbocycles. The van der Waals surface area contributed by atoms with Gasteiger partial charge in [0.05, 0.1) is 5.75 Å². The van der Waals surface area contributed by atoms with E-state index in [0.29, 0.717) is 0 Å². The van der Waals surface area contributed by atoms with Crippen molar-refractivity contribution in [1.82, 2.24) is 4.31 Å². The Balaban J connectivity index is 2.53. The molecule has 0 saturated heterocycles. The molecule has 0 fully saturated rings. The van der Waals surface area contributed by atoms with Gasteiger partial charge in [0.1, 0.15) is 5.54 Å². The second-order valence-corrected chi connectivity index (χ2v) is 7.92. The highest BCUT2D eigenvalue weighted by atomic mass is 79.9. The van der Waals surface area contributed by atoms with Crippen LogP contribution in [0.25, 0.3) is 0 Å². The highest BCUT2D eigenvalue weighted by molar-refractivity contribution is 9.10. The van der Waals surface area contributed by atoms with Gasteiger partial charge in [-0.1, -0.05) is 0 Å². The van der Waals surface area contributed by atoms with Gasteiger partial charge in [-0.15, -0.1) is 11.3 Å². The number of rotatable bonds is 1. The standard InChI is InChI=1S/C9H12BrN3O2S2/c1-9(7-3-6(10)4-16-7)5-17(14,15)13(2)8(11)12-9/h3-4H,5H2,1-2H3,(H2,11,12)/t9-/m0/s1. The Labute approximate surface area is 113 Å². The molecule has 1 atom stereocenters. The third kappa shape index (κ3) is 2.21. The van der Waals surface area contributed by atoms with Crippen LogP contribution in [-0.2, 0) is 15.6 Å². The lowest BCUT2D eigenvalue weighted by Crippen LogP contribution is -2.50. The van der Waals surface area contributed by atoms with Gasteiger partial charge < -0.3 is 5.73 Å². The summed E-state index contributed by atoms with van der Waals surface area (Å²) in [6.07, 6.45) is 0. The maximum absolute atomic E-state index is 11.9. The van der Waals surface area contributed by atoms with Crippen LogP contribution < -0.4 is 5.73 Å². The van der Waals surface area contributed by atoms with Crippen molar-refractivity contribution < 1.29 is 8.42 Å². The van der Waals surface area contributed by atoms with Gasteiger partial charge >= 0.3 is 0 Å². The Morgan fingerprint density at radius 2 is 2.29 bits per heavy atom. The summed E-state index contributed by atoms with van der Waals surface area (Å²) in [6.45, 7) is 1.78. The van der Waals surface area contributed by atoms with Gasteiger partial charge in [-0.25, -0.2) is 17.7 Å². The quantitative estimate of drug-likeness (QED) is 0.839. The minimum atomic E-state index is -3.39. The van der Waals surface area contributed by atoms with Crippen LogP contribution in [0.5, 0.6) is 0 Å². The maximum Gasteiger partial charge on any atom is 0.239 e. The third-order valence-corrected chi connectivity index (χ3v) is 6.56. The average Bonchev–Trinajstić information content (AvgIpc) is 2.61. The topological polar surface area (TPSA) is 75.8 Å². The molecule has 2 heterocycles. The minimum Gasteiger partial charge on any atom is -0.369 e. The molecular weight excluding hydrogens is 326 g/mol. The first kappa shape index (κ1) is 12.8. The van der Waals surface area contributed by atoms with E-state index in [1.54, 1.807) is 6.92 Å². The molecule has 0 amide bonds. The van der Waals surface area contributed by atoms with Crippen LogP contribution in [0.2, 0.25) is 0 Å². The van der Waals surface area contributed by atoms with Crippen LogP contribution in [0.1, 0.15) is 11.8 Å². The second kappa shape index (κ2) is 3.96. The van der Waals surface area contributed by atoms with Gasteiger partial charge in [0.2, 0.25) is 16.0 Å². The summed E-state index contributed by atoms with van der Waals surface area (Å²) in [7, 11) is -1.97. The lowest BCUT2D eigenvalue weighted by atomic mass is 10.0. The first-order valence-electron chi connectivity index (χ1n) is 4.81. The van der Waals surface area contributed by atoms with Gasteiger partial charge in [-0.2, -0.15) is 0 Å². The van der Waals surface area contributed by atoms with Crippen LogP contribution >= 0.6 is 27.3 Å². The summed E-state index contributed by atoms with van der Waals surface area (Å²) in [5.74, 6) is -0.0345. The van der Waals surface area contributed by atoms with E-state index >= 15 is 0 Å². The van der Waals surface area contributed by atoms with Crippen molar-refractivity contribution >= 4 is 43.2 Å². The fourth-order valence-corrected chi connectivity index (χ4v) is 4.75. The summed E-state index contributed by atoms with van der Waals surface area (Å²) in [6, 6.07) is 1.88. The van der Waals surface area contributed by atoms with Crippen LogP contribution in [0.4, 0.5) is 0 Å². The predicted molar refractivity (Wildman–Crippen MR) is 72.5 cm³/mol. The fraction of sp³-hybridized carbons (Fsp3) is 0.444. The van der Waals surface area contributed by atoms with E-state index in [1.165, 1.54) is 18.4 Å². The van der Waals surface area contributed by atoms with E-state index in [1.807, 2.05) is 11.4 Å². The van der Waals surface area contributed by atoms with Gasteiger partial charge in [-0.3, -0.25) is 0 Å². The highest BCUT2D eigenvalue weighted by Crippen LogP contribution is 2.36. The Hall–Kier alpha value is -0.600. The van der Waals surface area contributed by atoms with E-state index in [-0.39, 0.29) is 11.7 Å². The van der Waals surface area contributed by atoms with E-state index < -0.39 is 15.6 Å². The van der Waals surface area contributed by atoms with Crippen LogP contribution in [0.3, 0.4) is 0 Å². The molecule has 0 bridgehead atoms. The molecule has 1 aromatic heterocycles. The minimum absolute atomic E-state index is 0.0308. The summed E-state index contributed by atoms with van der Waals surface area (Å²) >= 11 is 4.82. The lowest BCUT2D eigenvalue weighted by molar-refractivity contribution is 0.482. The summed E-state index contributed by atoms with van der Waals surface area (Å²) in [4.78, 5) is 5.18. The molecule has 8 heteroatoms. The first-order valence-corrected chi connectivity index (χ1v) is 8.09. The predicted octanol–water partition coefficient (Wildman–Crippen LogP) is 1.32. The lowest BCUT2D eigenvalue weighted by Gasteiger charge is -2.33. The number of thiophene rings is 1. The number of sulfonamides is 1. The normalized spacial score (nSPS) is 27.9. The number of hydrogen-bond acceptors (Lipinski definition) is 5. The SMILES string of the molecule is CN1C(N)=N[C@](C)(c2cc(Br)cs2)CS1(=O)=O. The molecule has 1 aliphatic heterocycles. The maximum atomic E-state index is 11.9. The third-order valence-electron chi connectivity index (χ3n) is 2.66. The van der Waals surface area contributed by atoms with Crippen molar-refractivity contribution in [3.8, 4) is 0 Å². The first-order chi connectivity index (χ1) is 7.74. The number of halogens is 1. The van der Waals surface area contributed by atoms with Gasteiger partial charge in [0.25, 0.3) is 0 Å². The molecule has 1 aliphatic rings. The number of nitrogens with zero attached hydrogens (tertiary/aromatic N) is 2. The summed E-state index contributed by atoms with van der Waals surface area (Å²) in [5.41, 5.74) is 4.86. The number of hydrogen-bond donors (Lipinski definition) is 1. The fourth-order valence-electron chi connectivity index (χ4n) is 1.67. The molecule has 94 valence electrons. The zero-order valence-corrected chi connectivity index (χ0v) is 12.6. The Bertz CT molecular complexity index is 581. The number of nitrogens with two attached hydrogens (primary N) is 1. The average molecular weight is 338 g/mol. The van der Waals surface area contributed by atoms with Gasteiger partial charge in [-0.05, 0) is 28.9 Å². The van der Waals surface area contributed by atoms with Crippen LogP contribution in [0.15, 0.2) is 20.9 Å². The van der Waals surface area contributed by atoms with Crippen molar-refractivity contribution in [2.24, 2.45) is 10.7 Å². The van der Waals surface area contributed by atoms with Crippen molar-refractivity contribution in [3.63, 3.8) is 0 Å². The van der Waals surface area contributed by atoms with Crippen LogP contribution in [0, 0.1) is 0 Å². The summed E-state index contributed by atoms with van der Waals surface area (Å²) in [5, 5.41) is 1.90. The van der Waals surface area contributed by atoms with Crippen LogP contribution in [-0.4, -0.2) is 31.5 Å². The molecule has 0 radical (unpaired) electrons. The molecule has 1 aromatic rings. The van der Waals surface area contributed by atoms with Crippen molar-refractivity contribution in [1.29, 1.82) is 0 Å². The zero-order valence-electron chi connectivity index (χ0n) is 9.34. The second-order valence-electron chi connectivity index (χ2n) is 4.10. The van der Waals surface area contributed by atoms with Crippen molar-refractivity contribution in [2.75, 3.05) is 12.8 Å². The molecule has 0 aromatic carbocycles. The molecule has 2 N–H and O–H groups in total. The number of aliphatic imine (C=N–C) groups is 1. The van der Waals surface area contributed by atoms with Gasteiger partial charge in [0.15, 0.2) is 0 Å². The molecule has 0 saturated carbocycles. The van der Waals surface area contributed by atoms with Gasteiger partial charge in [0, 0.05) is 21.8 Å². The zero-order chi connectivity index (χ0) is 12.8. The summed E-state index contributed by atoms with van der Waals surface area (Å²) < 4.78 is 25.8. The number of guanidine groups is 1. The smallest absolute Gasteiger partial charge is 0.239 e. The highest BCUT2D eigenvalue weighted by Gasteiger charge is 2.40. The van der Waals surface area contributed by atoms with Crippen molar-refractivity contribution in [3.05, 3.63) is 20.8 Å². The van der Waals surface area contributed by atoms with E-state index in [0.717, 1.165) is 13.7 Å². The van der Waals surface area contributed by atoms with E-state index in [2.05, 4.69) is 20.9 Å². The molecule has 0 unspecified atom stereocenters. The van der Waals surface area contributed by atoms with E-state index in [4.69, 9.17) is 5.73 Å². The Morgan fingerprint density at radius 3 is 2.76 bits per heavy atom. The largest absolute Gasteiger partial charge is 0.369 e.